The third kappa shape index (κ3) is 3.13. The molecular weight excluding hydrogens is 304 g/mol. The maximum atomic E-state index is 12.4. The summed E-state index contributed by atoms with van der Waals surface area (Å²) < 4.78 is 5.19. The van der Waals surface area contributed by atoms with Crippen LogP contribution in [-0.2, 0) is 19.4 Å². The molecule has 0 spiro atoms. The van der Waals surface area contributed by atoms with Gasteiger partial charge in [-0.2, -0.15) is 4.98 Å². The number of carbonyl (C=O) groups is 1. The van der Waals surface area contributed by atoms with E-state index in [0.717, 1.165) is 37.9 Å². The molecule has 6 nitrogen and oxygen atoms in total. The van der Waals surface area contributed by atoms with Gasteiger partial charge in [-0.05, 0) is 43.2 Å². The second-order valence-electron chi connectivity index (χ2n) is 6.76. The second-order valence-corrected chi connectivity index (χ2v) is 6.76. The highest BCUT2D eigenvalue weighted by Gasteiger charge is 2.29. The average Bonchev–Trinajstić information content (AvgIpc) is 3.37. The fraction of sp³-hybridized carbons (Fsp3) is 0.500. The van der Waals surface area contributed by atoms with Crippen molar-refractivity contribution >= 4 is 6.03 Å². The summed E-state index contributed by atoms with van der Waals surface area (Å²) >= 11 is 0. The second kappa shape index (κ2) is 6.26. The molecule has 1 aromatic heterocycles. The van der Waals surface area contributed by atoms with Gasteiger partial charge in [0.15, 0.2) is 5.82 Å². The van der Waals surface area contributed by atoms with Gasteiger partial charge in [0.1, 0.15) is 0 Å². The van der Waals surface area contributed by atoms with Crippen molar-refractivity contribution in [1.29, 1.82) is 0 Å². The fourth-order valence-corrected chi connectivity index (χ4v) is 3.30. The van der Waals surface area contributed by atoms with Crippen LogP contribution in [0.2, 0.25) is 0 Å². The lowest BCUT2D eigenvalue weighted by atomic mass is 9.88. The molecule has 2 aliphatic rings. The van der Waals surface area contributed by atoms with Gasteiger partial charge in [0.2, 0.25) is 5.89 Å². The molecule has 2 amide bonds. The summed E-state index contributed by atoms with van der Waals surface area (Å²) in [5.41, 5.74) is 2.75. The average molecular weight is 326 g/mol. The highest BCUT2D eigenvalue weighted by atomic mass is 16.5. The van der Waals surface area contributed by atoms with Crippen molar-refractivity contribution in [3.8, 4) is 0 Å². The Morgan fingerprint density at radius 3 is 2.88 bits per heavy atom. The molecule has 4 rings (SSSR count). The van der Waals surface area contributed by atoms with Crippen LogP contribution >= 0.6 is 0 Å². The minimum Gasteiger partial charge on any atom is -0.337 e. The van der Waals surface area contributed by atoms with Crippen LogP contribution in [0.4, 0.5) is 4.79 Å². The van der Waals surface area contributed by atoms with Gasteiger partial charge in [-0.25, -0.2) is 4.79 Å². The highest BCUT2D eigenvalue weighted by molar-refractivity contribution is 5.74. The van der Waals surface area contributed by atoms with E-state index in [9.17, 15) is 4.79 Å². The smallest absolute Gasteiger partial charge is 0.317 e. The van der Waals surface area contributed by atoms with Crippen molar-refractivity contribution < 1.29 is 9.32 Å². The number of aromatic nitrogens is 2. The van der Waals surface area contributed by atoms with Gasteiger partial charge in [-0.1, -0.05) is 29.4 Å². The predicted molar refractivity (Wildman–Crippen MR) is 88.5 cm³/mol. The van der Waals surface area contributed by atoms with Crippen LogP contribution in [0.3, 0.4) is 0 Å². The molecule has 2 aromatic rings. The van der Waals surface area contributed by atoms with E-state index in [1.807, 2.05) is 7.05 Å². The van der Waals surface area contributed by atoms with Crippen LogP contribution in [0, 0.1) is 0 Å². The third-order valence-electron chi connectivity index (χ3n) is 5.01. The minimum atomic E-state index is -0.0921. The zero-order valence-corrected chi connectivity index (χ0v) is 13.9. The standard InChI is InChI=1S/C18H22N4O2/c1-22(15-9-8-12-4-2-3-5-14(12)10-15)18(23)19-11-16-20-17(21-24-16)13-6-7-13/h2-5,13,15H,6-11H2,1H3,(H,19,23). The molecule has 1 unspecified atom stereocenters. The lowest BCUT2D eigenvalue weighted by Crippen LogP contribution is -2.45. The van der Waals surface area contributed by atoms with Crippen LogP contribution in [0.1, 0.15) is 48.0 Å². The Kier molecular flexibility index (Phi) is 3.96. The third-order valence-corrected chi connectivity index (χ3v) is 5.01. The number of fused-ring (bicyclic) bond motifs is 1. The van der Waals surface area contributed by atoms with E-state index in [1.165, 1.54) is 11.1 Å². The topological polar surface area (TPSA) is 71.3 Å². The van der Waals surface area contributed by atoms with Crippen molar-refractivity contribution in [3.05, 3.63) is 47.1 Å². The molecule has 6 heteroatoms. The number of carbonyl (C=O) groups excluding carboxylic acids is 1. The quantitative estimate of drug-likeness (QED) is 0.937. The molecule has 0 bridgehead atoms. The van der Waals surface area contributed by atoms with Crippen molar-refractivity contribution in [1.82, 2.24) is 20.4 Å². The molecule has 1 N–H and O–H groups in total. The zero-order valence-electron chi connectivity index (χ0n) is 13.9. The lowest BCUT2D eigenvalue weighted by molar-refractivity contribution is 0.182. The molecule has 1 fully saturated rings. The van der Waals surface area contributed by atoms with Crippen molar-refractivity contribution in [2.24, 2.45) is 0 Å². The van der Waals surface area contributed by atoms with Gasteiger partial charge in [-0.15, -0.1) is 0 Å². The Morgan fingerprint density at radius 1 is 1.29 bits per heavy atom. The Morgan fingerprint density at radius 2 is 2.08 bits per heavy atom. The summed E-state index contributed by atoms with van der Waals surface area (Å²) in [6.45, 7) is 0.284. The number of hydrogen-bond acceptors (Lipinski definition) is 4. The Labute approximate surface area is 141 Å². The zero-order chi connectivity index (χ0) is 16.5. The number of amides is 2. The van der Waals surface area contributed by atoms with E-state index >= 15 is 0 Å². The summed E-state index contributed by atoms with van der Waals surface area (Å²) in [7, 11) is 1.86. The van der Waals surface area contributed by atoms with Crippen LogP contribution in [0.25, 0.3) is 0 Å². The SMILES string of the molecule is CN(C(=O)NCc1nc(C2CC2)no1)C1CCc2ccccc2C1. The molecule has 0 saturated heterocycles. The van der Waals surface area contributed by atoms with Crippen LogP contribution in [0.15, 0.2) is 28.8 Å². The summed E-state index contributed by atoms with van der Waals surface area (Å²) in [5.74, 6) is 1.72. The Bertz CT molecular complexity index is 738. The summed E-state index contributed by atoms with van der Waals surface area (Å²) in [4.78, 5) is 18.5. The van der Waals surface area contributed by atoms with Gasteiger partial charge in [0, 0.05) is 19.0 Å². The normalized spacial score (nSPS) is 19.6. The van der Waals surface area contributed by atoms with Gasteiger partial charge in [0.25, 0.3) is 0 Å². The molecule has 0 radical (unpaired) electrons. The number of hydrogen-bond donors (Lipinski definition) is 1. The molecule has 1 heterocycles. The van der Waals surface area contributed by atoms with Crippen molar-refractivity contribution in [2.75, 3.05) is 7.05 Å². The van der Waals surface area contributed by atoms with E-state index in [1.54, 1.807) is 4.90 Å². The molecule has 1 saturated carbocycles. The predicted octanol–water partition coefficient (Wildman–Crippen LogP) is 2.65. The number of rotatable bonds is 4. The molecule has 1 atom stereocenters. The Hall–Kier alpha value is -2.37. The molecule has 1 aromatic carbocycles. The first-order valence-corrected chi connectivity index (χ1v) is 8.60. The number of aryl methyl sites for hydroxylation is 1. The van der Waals surface area contributed by atoms with Gasteiger partial charge < -0.3 is 14.7 Å². The maximum Gasteiger partial charge on any atom is 0.317 e. The van der Waals surface area contributed by atoms with Crippen LogP contribution in [0.5, 0.6) is 0 Å². The van der Waals surface area contributed by atoms with Crippen LogP contribution in [-0.4, -0.2) is 34.2 Å². The van der Waals surface area contributed by atoms with E-state index in [4.69, 9.17) is 4.52 Å². The monoisotopic (exact) mass is 326 g/mol. The lowest BCUT2D eigenvalue weighted by Gasteiger charge is -2.32. The largest absolute Gasteiger partial charge is 0.337 e. The first kappa shape index (κ1) is 15.2. The summed E-state index contributed by atoms with van der Waals surface area (Å²) in [5, 5.41) is 6.85. The van der Waals surface area contributed by atoms with Gasteiger partial charge >= 0.3 is 6.03 Å². The molecule has 2 aliphatic carbocycles. The fourth-order valence-electron chi connectivity index (χ4n) is 3.30. The molecule has 24 heavy (non-hydrogen) atoms. The minimum absolute atomic E-state index is 0.0921. The number of nitrogens with one attached hydrogen (secondary N) is 1. The van der Waals surface area contributed by atoms with Gasteiger partial charge in [-0.3, -0.25) is 0 Å². The highest BCUT2D eigenvalue weighted by Crippen LogP contribution is 2.38. The number of nitrogens with zero attached hydrogens (tertiary/aromatic N) is 3. The van der Waals surface area contributed by atoms with E-state index in [0.29, 0.717) is 11.8 Å². The number of likely N-dealkylation sites (N-methyl/N-ethyl adjacent to an activating group) is 1. The Balaban J connectivity index is 1.32. The van der Waals surface area contributed by atoms with Crippen molar-refractivity contribution in [3.63, 3.8) is 0 Å². The van der Waals surface area contributed by atoms with E-state index in [-0.39, 0.29) is 18.6 Å². The van der Waals surface area contributed by atoms with Crippen LogP contribution < -0.4 is 5.32 Å². The first-order chi connectivity index (χ1) is 11.7. The molecule has 0 aliphatic heterocycles. The number of benzene rings is 1. The summed E-state index contributed by atoms with van der Waals surface area (Å²) in [6.07, 6.45) is 5.20. The number of urea groups is 1. The van der Waals surface area contributed by atoms with Gasteiger partial charge in [0.05, 0.1) is 6.54 Å². The maximum absolute atomic E-state index is 12.4. The van der Waals surface area contributed by atoms with E-state index < -0.39 is 0 Å². The van der Waals surface area contributed by atoms with Crippen molar-refractivity contribution in [2.45, 2.75) is 50.6 Å². The summed E-state index contributed by atoms with van der Waals surface area (Å²) in [6, 6.07) is 8.61. The first-order valence-electron chi connectivity index (χ1n) is 8.60. The molecular formula is C18H22N4O2. The van der Waals surface area contributed by atoms with E-state index in [2.05, 4.69) is 39.7 Å². The molecule has 126 valence electrons.